The molecular weight excluding hydrogens is 454 g/mol. The van der Waals surface area contributed by atoms with Crippen molar-refractivity contribution in [2.24, 2.45) is 0 Å². The SMILES string of the molecule is CCCCN1C=C(c2ccc(OC)cc2)CNC1Nc1ccc(CN2CCN(C(=O)O)C(C)C2)cc1. The molecule has 8 nitrogen and oxygen atoms in total. The summed E-state index contributed by atoms with van der Waals surface area (Å²) in [6.45, 7) is 8.85. The van der Waals surface area contributed by atoms with Crippen LogP contribution in [0.5, 0.6) is 5.75 Å². The van der Waals surface area contributed by atoms with Gasteiger partial charge in [-0.1, -0.05) is 37.6 Å². The molecule has 1 fully saturated rings. The highest BCUT2D eigenvalue weighted by atomic mass is 16.5. The van der Waals surface area contributed by atoms with Gasteiger partial charge in [-0.3, -0.25) is 10.2 Å². The Balaban J connectivity index is 1.37. The molecule has 0 aliphatic carbocycles. The first-order chi connectivity index (χ1) is 17.5. The van der Waals surface area contributed by atoms with Crippen LogP contribution in [0.15, 0.2) is 54.7 Å². The fraction of sp³-hybridized carbons (Fsp3) is 0.464. The lowest BCUT2D eigenvalue weighted by Crippen LogP contribution is -2.53. The maximum Gasteiger partial charge on any atom is 0.407 e. The van der Waals surface area contributed by atoms with Crippen LogP contribution in [0, 0.1) is 0 Å². The topological polar surface area (TPSA) is 80.3 Å². The summed E-state index contributed by atoms with van der Waals surface area (Å²) in [5, 5.41) is 16.6. The van der Waals surface area contributed by atoms with E-state index in [1.807, 2.05) is 19.1 Å². The molecule has 0 bridgehead atoms. The molecule has 2 aliphatic rings. The summed E-state index contributed by atoms with van der Waals surface area (Å²) in [5.41, 5.74) is 4.77. The van der Waals surface area contributed by atoms with E-state index >= 15 is 0 Å². The molecule has 0 saturated carbocycles. The summed E-state index contributed by atoms with van der Waals surface area (Å²) in [6.07, 6.45) is 3.74. The molecule has 1 amide bonds. The van der Waals surface area contributed by atoms with Gasteiger partial charge in [0.25, 0.3) is 0 Å². The molecule has 0 spiro atoms. The second-order valence-electron chi connectivity index (χ2n) is 9.66. The van der Waals surface area contributed by atoms with Crippen LogP contribution in [0.1, 0.15) is 37.8 Å². The van der Waals surface area contributed by atoms with Gasteiger partial charge in [0.05, 0.1) is 7.11 Å². The number of carbonyl (C=O) groups is 1. The van der Waals surface area contributed by atoms with Gasteiger partial charge in [0.15, 0.2) is 6.29 Å². The van der Waals surface area contributed by atoms with Gasteiger partial charge in [0, 0.05) is 57.2 Å². The van der Waals surface area contributed by atoms with E-state index in [9.17, 15) is 9.90 Å². The van der Waals surface area contributed by atoms with E-state index in [1.54, 1.807) is 7.11 Å². The number of carboxylic acid groups (broad SMARTS) is 1. The predicted molar refractivity (Wildman–Crippen MR) is 144 cm³/mol. The monoisotopic (exact) mass is 493 g/mol. The van der Waals surface area contributed by atoms with E-state index in [4.69, 9.17) is 4.74 Å². The number of methoxy groups -OCH3 is 1. The van der Waals surface area contributed by atoms with Crippen molar-refractivity contribution in [3.8, 4) is 5.75 Å². The number of rotatable bonds is 9. The zero-order valence-electron chi connectivity index (χ0n) is 21.6. The molecule has 2 aliphatic heterocycles. The van der Waals surface area contributed by atoms with Crippen LogP contribution in [0.3, 0.4) is 0 Å². The zero-order chi connectivity index (χ0) is 25.5. The number of anilines is 1. The minimum Gasteiger partial charge on any atom is -0.497 e. The normalized spacial score (nSPS) is 20.7. The Hall–Kier alpha value is -3.23. The summed E-state index contributed by atoms with van der Waals surface area (Å²) < 4.78 is 5.30. The number of nitrogens with zero attached hydrogens (tertiary/aromatic N) is 3. The fourth-order valence-corrected chi connectivity index (χ4v) is 4.88. The molecule has 8 heteroatoms. The number of amides is 1. The van der Waals surface area contributed by atoms with Crippen LogP contribution in [0.2, 0.25) is 0 Å². The van der Waals surface area contributed by atoms with E-state index in [1.165, 1.54) is 21.6 Å². The molecule has 2 aromatic rings. The molecule has 4 rings (SSSR count). The van der Waals surface area contributed by atoms with Crippen molar-refractivity contribution in [3.63, 3.8) is 0 Å². The Bertz CT molecular complexity index is 1020. The Morgan fingerprint density at radius 3 is 2.53 bits per heavy atom. The minimum absolute atomic E-state index is 0.0135. The van der Waals surface area contributed by atoms with Gasteiger partial charge in [-0.05, 0) is 54.3 Å². The molecule has 2 aromatic carbocycles. The molecule has 2 heterocycles. The second kappa shape index (κ2) is 12.1. The molecule has 36 heavy (non-hydrogen) atoms. The van der Waals surface area contributed by atoms with Crippen molar-refractivity contribution in [3.05, 3.63) is 65.9 Å². The molecular formula is C28H39N5O3. The summed E-state index contributed by atoms with van der Waals surface area (Å²) in [5.74, 6) is 0.867. The molecule has 2 atom stereocenters. The van der Waals surface area contributed by atoms with Gasteiger partial charge in [0.2, 0.25) is 0 Å². The Morgan fingerprint density at radius 2 is 1.89 bits per heavy atom. The maximum absolute atomic E-state index is 11.3. The second-order valence-corrected chi connectivity index (χ2v) is 9.66. The number of piperazine rings is 1. The van der Waals surface area contributed by atoms with Crippen LogP contribution in [-0.4, -0.2) is 78.1 Å². The summed E-state index contributed by atoms with van der Waals surface area (Å²) in [4.78, 5) is 17.5. The number of benzene rings is 2. The van der Waals surface area contributed by atoms with E-state index < -0.39 is 6.09 Å². The number of unbranched alkanes of at least 4 members (excludes halogenated alkanes) is 1. The van der Waals surface area contributed by atoms with Gasteiger partial charge in [-0.25, -0.2) is 4.79 Å². The lowest BCUT2D eigenvalue weighted by molar-refractivity contribution is 0.0711. The lowest BCUT2D eigenvalue weighted by atomic mass is 10.1. The van der Waals surface area contributed by atoms with Crippen LogP contribution in [0.25, 0.3) is 5.57 Å². The van der Waals surface area contributed by atoms with Gasteiger partial charge in [-0.15, -0.1) is 0 Å². The number of hydrogen-bond donors (Lipinski definition) is 3. The number of hydrogen-bond acceptors (Lipinski definition) is 6. The first-order valence-corrected chi connectivity index (χ1v) is 12.9. The third-order valence-corrected chi connectivity index (χ3v) is 6.99. The first-order valence-electron chi connectivity index (χ1n) is 12.9. The van der Waals surface area contributed by atoms with Crippen molar-refractivity contribution >= 4 is 17.4 Å². The van der Waals surface area contributed by atoms with E-state index in [0.29, 0.717) is 6.54 Å². The third kappa shape index (κ3) is 6.50. The third-order valence-electron chi connectivity index (χ3n) is 6.99. The number of ether oxygens (including phenoxy) is 1. The smallest absolute Gasteiger partial charge is 0.407 e. The van der Waals surface area contributed by atoms with Crippen LogP contribution < -0.4 is 15.4 Å². The average Bonchev–Trinajstić information content (AvgIpc) is 2.89. The largest absolute Gasteiger partial charge is 0.497 e. The highest BCUT2D eigenvalue weighted by Crippen LogP contribution is 2.23. The summed E-state index contributed by atoms with van der Waals surface area (Å²) in [6, 6.07) is 16.8. The highest BCUT2D eigenvalue weighted by molar-refractivity contribution is 5.68. The molecule has 1 saturated heterocycles. The minimum atomic E-state index is -0.826. The molecule has 194 valence electrons. The quantitative estimate of drug-likeness (QED) is 0.480. The molecule has 0 radical (unpaired) electrons. The first kappa shape index (κ1) is 25.9. The Morgan fingerprint density at radius 1 is 1.14 bits per heavy atom. The Labute approximate surface area is 214 Å². The van der Waals surface area contributed by atoms with Crippen LogP contribution >= 0.6 is 0 Å². The van der Waals surface area contributed by atoms with Gasteiger partial charge >= 0.3 is 6.09 Å². The van der Waals surface area contributed by atoms with Crippen LogP contribution in [-0.2, 0) is 6.54 Å². The predicted octanol–water partition coefficient (Wildman–Crippen LogP) is 4.32. The lowest BCUT2D eigenvalue weighted by Gasteiger charge is -2.38. The van der Waals surface area contributed by atoms with Crippen molar-refractivity contribution in [1.29, 1.82) is 0 Å². The van der Waals surface area contributed by atoms with Crippen molar-refractivity contribution < 1.29 is 14.6 Å². The average molecular weight is 494 g/mol. The molecule has 0 aromatic heterocycles. The number of nitrogens with one attached hydrogen (secondary N) is 2. The van der Waals surface area contributed by atoms with Gasteiger partial charge in [0.1, 0.15) is 5.75 Å². The van der Waals surface area contributed by atoms with Crippen LogP contribution in [0.4, 0.5) is 10.5 Å². The fourth-order valence-electron chi connectivity index (χ4n) is 4.88. The molecule has 2 unspecified atom stereocenters. The van der Waals surface area contributed by atoms with Crippen molar-refractivity contribution in [2.45, 2.75) is 45.6 Å². The zero-order valence-corrected chi connectivity index (χ0v) is 21.6. The van der Waals surface area contributed by atoms with Gasteiger partial charge in [-0.2, -0.15) is 0 Å². The van der Waals surface area contributed by atoms with E-state index in [2.05, 4.69) is 70.0 Å². The standard InChI is InChI=1S/C28H39N5O3/c1-4-5-14-32-20-24(23-8-12-26(36-3)13-9-23)17-29-27(32)30-25-10-6-22(7-11-25)19-31-15-16-33(28(34)35)21(2)18-31/h6-13,20-21,27,29-30H,4-5,14-19H2,1-3H3,(H,34,35). The van der Waals surface area contributed by atoms with E-state index in [-0.39, 0.29) is 12.3 Å². The highest BCUT2D eigenvalue weighted by Gasteiger charge is 2.27. The van der Waals surface area contributed by atoms with Gasteiger partial charge < -0.3 is 25.0 Å². The summed E-state index contributed by atoms with van der Waals surface area (Å²) >= 11 is 0. The van der Waals surface area contributed by atoms with Crippen molar-refractivity contribution in [2.75, 3.05) is 45.2 Å². The Kier molecular flexibility index (Phi) is 8.72. The molecule has 3 N–H and O–H groups in total. The summed E-state index contributed by atoms with van der Waals surface area (Å²) in [7, 11) is 1.69. The van der Waals surface area contributed by atoms with E-state index in [0.717, 1.165) is 57.0 Å². The maximum atomic E-state index is 11.3. The van der Waals surface area contributed by atoms with Crippen molar-refractivity contribution in [1.82, 2.24) is 20.0 Å².